The second kappa shape index (κ2) is 7.71. The molecule has 0 aromatic heterocycles. The van der Waals surface area contributed by atoms with Crippen LogP contribution in [-0.2, 0) is 6.42 Å². The second-order valence-corrected chi connectivity index (χ2v) is 7.58. The van der Waals surface area contributed by atoms with Gasteiger partial charge in [0, 0.05) is 5.56 Å². The smallest absolute Gasteiger partial charge is 0.336 e. The number of hydrogen-bond donors (Lipinski definition) is 2. The number of carbonyl (C=O) groups is 2. The van der Waals surface area contributed by atoms with Gasteiger partial charge in [0.25, 0.3) is 0 Å². The standard InChI is InChI=1S/C27H18O5/c28-26(29)21-11-10-18(15-23(21)27(30)31)32-24-13-12-20-19-9-5-4-8-17(19)14-22(20)25(24)16-6-2-1-3-7-16/h1-13,15H,14H2,(H,28,29)(H,30,31). The minimum Gasteiger partial charge on any atom is -0.478 e. The first-order valence-corrected chi connectivity index (χ1v) is 10.1. The van der Waals surface area contributed by atoms with Crippen LogP contribution in [-0.4, -0.2) is 22.2 Å². The van der Waals surface area contributed by atoms with Crippen LogP contribution in [0.1, 0.15) is 31.8 Å². The predicted molar refractivity (Wildman–Crippen MR) is 121 cm³/mol. The van der Waals surface area contributed by atoms with Gasteiger partial charge < -0.3 is 14.9 Å². The van der Waals surface area contributed by atoms with Crippen LogP contribution in [0.3, 0.4) is 0 Å². The number of carboxylic acid groups (broad SMARTS) is 2. The monoisotopic (exact) mass is 422 g/mol. The molecule has 0 fully saturated rings. The van der Waals surface area contributed by atoms with Crippen molar-refractivity contribution in [2.45, 2.75) is 6.42 Å². The molecule has 0 spiro atoms. The van der Waals surface area contributed by atoms with Crippen LogP contribution >= 0.6 is 0 Å². The minimum absolute atomic E-state index is 0.264. The summed E-state index contributed by atoms with van der Waals surface area (Å²) >= 11 is 0. The molecule has 0 atom stereocenters. The van der Waals surface area contributed by atoms with Gasteiger partial charge in [-0.15, -0.1) is 0 Å². The lowest BCUT2D eigenvalue weighted by atomic mass is 9.94. The van der Waals surface area contributed by atoms with Gasteiger partial charge in [-0.25, -0.2) is 9.59 Å². The highest BCUT2D eigenvalue weighted by atomic mass is 16.5. The number of rotatable bonds is 5. The summed E-state index contributed by atoms with van der Waals surface area (Å²) < 4.78 is 6.16. The number of hydrogen-bond acceptors (Lipinski definition) is 3. The van der Waals surface area contributed by atoms with Crippen LogP contribution in [0.4, 0.5) is 0 Å². The fourth-order valence-corrected chi connectivity index (χ4v) is 4.27. The molecule has 4 aromatic rings. The van der Waals surface area contributed by atoms with Crippen molar-refractivity contribution in [2.24, 2.45) is 0 Å². The molecule has 1 aliphatic rings. The molecule has 0 heterocycles. The molecule has 0 saturated carbocycles. The Kier molecular flexibility index (Phi) is 4.71. The molecule has 0 saturated heterocycles. The van der Waals surface area contributed by atoms with E-state index in [2.05, 4.69) is 12.1 Å². The minimum atomic E-state index is -1.32. The number of ether oxygens (including phenoxy) is 1. The first-order chi connectivity index (χ1) is 15.5. The summed E-state index contributed by atoms with van der Waals surface area (Å²) in [5, 5.41) is 18.7. The summed E-state index contributed by atoms with van der Waals surface area (Å²) in [6.07, 6.45) is 0.769. The van der Waals surface area contributed by atoms with Gasteiger partial charge in [0.2, 0.25) is 0 Å². The molecule has 0 amide bonds. The first kappa shape index (κ1) is 19.6. The van der Waals surface area contributed by atoms with Gasteiger partial charge in [-0.1, -0.05) is 60.7 Å². The Hall–Kier alpha value is -4.38. The number of fused-ring (bicyclic) bond motifs is 3. The van der Waals surface area contributed by atoms with Gasteiger partial charge in [-0.3, -0.25) is 0 Å². The summed E-state index contributed by atoms with van der Waals surface area (Å²) in [6.45, 7) is 0. The van der Waals surface area contributed by atoms with E-state index in [4.69, 9.17) is 4.74 Å². The molecule has 0 radical (unpaired) electrons. The van der Waals surface area contributed by atoms with Crippen molar-refractivity contribution in [3.05, 3.63) is 107 Å². The maximum Gasteiger partial charge on any atom is 0.336 e. The molecule has 0 unspecified atom stereocenters. The molecule has 5 heteroatoms. The largest absolute Gasteiger partial charge is 0.478 e. The molecule has 4 aromatic carbocycles. The lowest BCUT2D eigenvalue weighted by Crippen LogP contribution is -2.08. The Labute approximate surface area is 184 Å². The quantitative estimate of drug-likeness (QED) is 0.357. The second-order valence-electron chi connectivity index (χ2n) is 7.58. The van der Waals surface area contributed by atoms with Crippen molar-refractivity contribution in [3.8, 4) is 33.8 Å². The summed E-state index contributed by atoms with van der Waals surface area (Å²) in [5.41, 5.74) is 6.09. The Morgan fingerprint density at radius 1 is 0.719 bits per heavy atom. The molecule has 32 heavy (non-hydrogen) atoms. The fraction of sp³-hybridized carbons (Fsp3) is 0.0370. The Bertz CT molecular complexity index is 1370. The van der Waals surface area contributed by atoms with Crippen molar-refractivity contribution in [1.29, 1.82) is 0 Å². The van der Waals surface area contributed by atoms with Crippen molar-refractivity contribution in [3.63, 3.8) is 0 Å². The zero-order valence-corrected chi connectivity index (χ0v) is 16.9. The van der Waals surface area contributed by atoms with E-state index in [1.807, 2.05) is 54.6 Å². The third-order valence-corrected chi connectivity index (χ3v) is 5.69. The number of aromatic carboxylic acids is 2. The van der Waals surface area contributed by atoms with Crippen molar-refractivity contribution >= 4 is 11.9 Å². The first-order valence-electron chi connectivity index (χ1n) is 10.1. The van der Waals surface area contributed by atoms with Gasteiger partial charge in [-0.05, 0) is 58.5 Å². The number of carboxylic acids is 2. The highest BCUT2D eigenvalue weighted by Crippen LogP contribution is 2.46. The number of benzene rings is 4. The lowest BCUT2D eigenvalue weighted by molar-refractivity contribution is 0.0651. The van der Waals surface area contributed by atoms with Gasteiger partial charge >= 0.3 is 11.9 Å². The zero-order valence-electron chi connectivity index (χ0n) is 16.9. The van der Waals surface area contributed by atoms with Crippen LogP contribution < -0.4 is 4.74 Å². The van der Waals surface area contributed by atoms with Crippen molar-refractivity contribution in [1.82, 2.24) is 0 Å². The average molecular weight is 422 g/mol. The van der Waals surface area contributed by atoms with E-state index in [0.29, 0.717) is 5.75 Å². The van der Waals surface area contributed by atoms with Crippen molar-refractivity contribution in [2.75, 3.05) is 0 Å². The Morgan fingerprint density at radius 2 is 1.44 bits per heavy atom. The molecule has 156 valence electrons. The van der Waals surface area contributed by atoms with Crippen LogP contribution in [0.2, 0.25) is 0 Å². The lowest BCUT2D eigenvalue weighted by Gasteiger charge is -2.16. The molecule has 0 aliphatic heterocycles. The normalized spacial score (nSPS) is 11.5. The molecule has 1 aliphatic carbocycles. The van der Waals surface area contributed by atoms with E-state index >= 15 is 0 Å². The van der Waals surface area contributed by atoms with Crippen LogP contribution in [0.15, 0.2) is 84.9 Å². The highest BCUT2D eigenvalue weighted by molar-refractivity contribution is 6.02. The predicted octanol–water partition coefficient (Wildman–Crippen LogP) is 6.11. The third-order valence-electron chi connectivity index (χ3n) is 5.69. The van der Waals surface area contributed by atoms with E-state index in [-0.39, 0.29) is 16.9 Å². The molecular weight excluding hydrogens is 404 g/mol. The third kappa shape index (κ3) is 3.30. The Morgan fingerprint density at radius 3 is 2.19 bits per heavy atom. The van der Waals surface area contributed by atoms with E-state index in [1.54, 1.807) is 0 Å². The fourth-order valence-electron chi connectivity index (χ4n) is 4.27. The van der Waals surface area contributed by atoms with Gasteiger partial charge in [0.15, 0.2) is 0 Å². The topological polar surface area (TPSA) is 83.8 Å². The maximum atomic E-state index is 11.6. The Balaban J connectivity index is 1.65. The molecule has 5 rings (SSSR count). The SMILES string of the molecule is O=C(O)c1ccc(Oc2ccc3c(c2-c2ccccc2)Cc2ccccc2-3)cc1C(=O)O. The van der Waals surface area contributed by atoms with Gasteiger partial charge in [-0.2, -0.15) is 0 Å². The molecule has 5 nitrogen and oxygen atoms in total. The van der Waals surface area contributed by atoms with Crippen LogP contribution in [0.5, 0.6) is 11.5 Å². The maximum absolute atomic E-state index is 11.6. The zero-order chi connectivity index (χ0) is 22.2. The van der Waals surface area contributed by atoms with Crippen LogP contribution in [0.25, 0.3) is 22.3 Å². The van der Waals surface area contributed by atoms with E-state index in [0.717, 1.165) is 28.7 Å². The summed E-state index contributed by atoms with van der Waals surface area (Å²) in [4.78, 5) is 22.9. The molecule has 2 N–H and O–H groups in total. The van der Waals surface area contributed by atoms with E-state index in [9.17, 15) is 19.8 Å². The van der Waals surface area contributed by atoms with E-state index < -0.39 is 11.9 Å². The van der Waals surface area contributed by atoms with Gasteiger partial charge in [0.05, 0.1) is 11.1 Å². The van der Waals surface area contributed by atoms with Gasteiger partial charge in [0.1, 0.15) is 11.5 Å². The van der Waals surface area contributed by atoms with E-state index in [1.165, 1.54) is 29.3 Å². The van der Waals surface area contributed by atoms with Crippen molar-refractivity contribution < 1.29 is 24.5 Å². The molecule has 0 bridgehead atoms. The highest BCUT2D eigenvalue weighted by Gasteiger charge is 2.25. The van der Waals surface area contributed by atoms with Crippen LogP contribution in [0, 0.1) is 0 Å². The molecular formula is C27H18O5. The average Bonchev–Trinajstić information content (AvgIpc) is 3.18. The summed E-state index contributed by atoms with van der Waals surface area (Å²) in [7, 11) is 0. The summed E-state index contributed by atoms with van der Waals surface area (Å²) in [5.74, 6) is -1.77. The summed E-state index contributed by atoms with van der Waals surface area (Å²) in [6, 6.07) is 26.1.